The van der Waals surface area contributed by atoms with Gasteiger partial charge in [0.25, 0.3) is 0 Å². The molecule has 154 valence electrons. The van der Waals surface area contributed by atoms with Crippen LogP contribution in [0.3, 0.4) is 0 Å². The van der Waals surface area contributed by atoms with Crippen molar-refractivity contribution in [1.82, 2.24) is 4.90 Å². The molecule has 6 nitrogen and oxygen atoms in total. The fourth-order valence-electron chi connectivity index (χ4n) is 3.80. The number of hydrogen-bond donors (Lipinski definition) is 1. The smallest absolute Gasteiger partial charge is 0.410 e. The second kappa shape index (κ2) is 9.26. The maximum atomic E-state index is 14.1. The molecule has 1 saturated carbocycles. The van der Waals surface area contributed by atoms with Crippen LogP contribution in [0, 0.1) is 5.82 Å². The van der Waals surface area contributed by atoms with E-state index in [1.807, 2.05) is 13.8 Å². The van der Waals surface area contributed by atoms with Crippen LogP contribution in [0.2, 0.25) is 0 Å². The molecule has 0 spiro atoms. The number of nitrogens with two attached hydrogens (primary N) is 1. The molecule has 3 rings (SSSR count). The molecule has 0 bridgehead atoms. The summed E-state index contributed by atoms with van der Waals surface area (Å²) in [7, 11) is 0. The van der Waals surface area contributed by atoms with Crippen molar-refractivity contribution in [2.24, 2.45) is 5.16 Å². The number of carbonyl (C=O) groups is 1. The van der Waals surface area contributed by atoms with E-state index in [2.05, 4.69) is 5.16 Å². The number of ether oxygens (including phenoxy) is 1. The lowest BCUT2D eigenvalue weighted by Crippen LogP contribution is -2.41. The largest absolute Gasteiger partial charge is 0.447 e. The number of piperidine rings is 1. The number of rotatable bonds is 4. The molecule has 1 aromatic carbocycles. The third-order valence-electron chi connectivity index (χ3n) is 5.39. The molecule has 0 aromatic heterocycles. The minimum Gasteiger partial charge on any atom is -0.447 e. The van der Waals surface area contributed by atoms with Gasteiger partial charge < -0.3 is 20.2 Å². The molecule has 0 radical (unpaired) electrons. The molecule has 1 heterocycles. The molecule has 1 amide bonds. The highest BCUT2D eigenvalue weighted by atomic mass is 19.1. The molecular formula is C21H30FN3O3. The molecule has 2 fully saturated rings. The Kier molecular flexibility index (Phi) is 6.75. The average molecular weight is 391 g/mol. The SMILES string of the molecule is CC(C)OC(=O)N1CCC(ON=C2CCC(c3ccc(N)cc3F)CC2)CC1. The summed E-state index contributed by atoms with van der Waals surface area (Å²) in [6.07, 6.45) is 4.53. The van der Waals surface area contributed by atoms with Crippen molar-refractivity contribution in [3.8, 4) is 0 Å². The molecule has 0 atom stereocenters. The first-order valence-corrected chi connectivity index (χ1v) is 10.1. The Balaban J connectivity index is 1.43. The number of likely N-dealkylation sites (tertiary alicyclic amines) is 1. The van der Waals surface area contributed by atoms with Crippen LogP contribution >= 0.6 is 0 Å². The summed E-state index contributed by atoms with van der Waals surface area (Å²) in [6, 6.07) is 4.95. The molecular weight excluding hydrogens is 361 g/mol. The van der Waals surface area contributed by atoms with Crippen LogP contribution in [0.1, 0.15) is 63.9 Å². The maximum Gasteiger partial charge on any atom is 0.410 e. The maximum absolute atomic E-state index is 14.1. The summed E-state index contributed by atoms with van der Waals surface area (Å²) in [5.74, 6) is -0.0147. The fourth-order valence-corrected chi connectivity index (χ4v) is 3.80. The second-order valence-electron chi connectivity index (χ2n) is 7.94. The van der Waals surface area contributed by atoms with Gasteiger partial charge in [-0.2, -0.15) is 0 Å². The van der Waals surface area contributed by atoms with Crippen LogP contribution in [0.5, 0.6) is 0 Å². The van der Waals surface area contributed by atoms with E-state index in [0.717, 1.165) is 49.8 Å². The van der Waals surface area contributed by atoms with Gasteiger partial charge in [0.1, 0.15) is 11.9 Å². The number of oxime groups is 1. The summed E-state index contributed by atoms with van der Waals surface area (Å²) in [5, 5.41) is 4.36. The van der Waals surface area contributed by atoms with Gasteiger partial charge in [0.15, 0.2) is 0 Å². The van der Waals surface area contributed by atoms with E-state index in [4.69, 9.17) is 15.3 Å². The number of amides is 1. The van der Waals surface area contributed by atoms with E-state index in [9.17, 15) is 9.18 Å². The van der Waals surface area contributed by atoms with Gasteiger partial charge in [-0.15, -0.1) is 0 Å². The molecule has 0 unspecified atom stereocenters. The van der Waals surface area contributed by atoms with Gasteiger partial charge in [-0.1, -0.05) is 11.2 Å². The Labute approximate surface area is 165 Å². The van der Waals surface area contributed by atoms with E-state index in [-0.39, 0.29) is 30.0 Å². The first kappa shape index (κ1) is 20.4. The molecule has 1 saturated heterocycles. The van der Waals surface area contributed by atoms with Crippen molar-refractivity contribution in [3.05, 3.63) is 29.6 Å². The predicted octanol–water partition coefficient (Wildman–Crippen LogP) is 4.45. The zero-order chi connectivity index (χ0) is 20.1. The summed E-state index contributed by atoms with van der Waals surface area (Å²) in [5.41, 5.74) is 7.87. The Hall–Kier alpha value is -2.31. The van der Waals surface area contributed by atoms with Gasteiger partial charge >= 0.3 is 6.09 Å². The molecule has 2 aliphatic rings. The average Bonchev–Trinajstić information content (AvgIpc) is 2.67. The molecule has 28 heavy (non-hydrogen) atoms. The molecule has 1 aliphatic carbocycles. The van der Waals surface area contributed by atoms with Crippen molar-refractivity contribution < 1.29 is 18.8 Å². The lowest BCUT2D eigenvalue weighted by molar-refractivity contribution is 0.00403. The minimum absolute atomic E-state index is 0.0304. The predicted molar refractivity (Wildman–Crippen MR) is 107 cm³/mol. The number of carbonyl (C=O) groups excluding carboxylic acids is 1. The Morgan fingerprint density at radius 1 is 1.21 bits per heavy atom. The van der Waals surface area contributed by atoms with E-state index in [0.29, 0.717) is 18.8 Å². The van der Waals surface area contributed by atoms with Gasteiger partial charge in [0.2, 0.25) is 0 Å². The van der Waals surface area contributed by atoms with Crippen molar-refractivity contribution in [3.63, 3.8) is 0 Å². The van der Waals surface area contributed by atoms with E-state index in [1.54, 1.807) is 17.0 Å². The highest BCUT2D eigenvalue weighted by molar-refractivity contribution is 5.84. The third-order valence-corrected chi connectivity index (χ3v) is 5.39. The normalized spacial score (nSPS) is 20.9. The van der Waals surface area contributed by atoms with E-state index in [1.165, 1.54) is 6.07 Å². The van der Waals surface area contributed by atoms with Crippen molar-refractivity contribution in [2.45, 2.75) is 70.5 Å². The number of nitrogens with zero attached hydrogens (tertiary/aromatic N) is 2. The first-order valence-electron chi connectivity index (χ1n) is 10.1. The monoisotopic (exact) mass is 391 g/mol. The Bertz CT molecular complexity index is 705. The topological polar surface area (TPSA) is 77.1 Å². The number of nitrogen functional groups attached to an aromatic ring is 1. The summed E-state index contributed by atoms with van der Waals surface area (Å²) in [4.78, 5) is 19.4. The lowest BCUT2D eigenvalue weighted by Gasteiger charge is -2.31. The first-order chi connectivity index (χ1) is 13.4. The van der Waals surface area contributed by atoms with Crippen LogP contribution in [0.15, 0.2) is 23.4 Å². The molecule has 2 N–H and O–H groups in total. The zero-order valence-electron chi connectivity index (χ0n) is 16.7. The Morgan fingerprint density at radius 2 is 1.89 bits per heavy atom. The minimum atomic E-state index is -0.256. The molecule has 7 heteroatoms. The highest BCUT2D eigenvalue weighted by Crippen LogP contribution is 2.34. The Morgan fingerprint density at radius 3 is 2.50 bits per heavy atom. The number of benzene rings is 1. The second-order valence-corrected chi connectivity index (χ2v) is 7.94. The van der Waals surface area contributed by atoms with Crippen LogP contribution in [-0.2, 0) is 9.57 Å². The van der Waals surface area contributed by atoms with Crippen LogP contribution in [-0.4, -0.2) is 42.0 Å². The van der Waals surface area contributed by atoms with Crippen LogP contribution in [0.4, 0.5) is 14.9 Å². The van der Waals surface area contributed by atoms with Gasteiger partial charge in [-0.25, -0.2) is 9.18 Å². The van der Waals surface area contributed by atoms with Gasteiger partial charge in [-0.05, 0) is 63.1 Å². The standard InChI is InChI=1S/C21H30FN3O3/c1-14(2)27-21(26)25-11-9-18(10-12-25)28-24-17-6-3-15(4-7-17)19-8-5-16(23)13-20(19)22/h5,8,13-15,18H,3-4,6-7,9-12,23H2,1-2H3. The number of hydrogen-bond acceptors (Lipinski definition) is 5. The fraction of sp³-hybridized carbons (Fsp3) is 0.619. The van der Waals surface area contributed by atoms with Gasteiger partial charge in [-0.3, -0.25) is 0 Å². The van der Waals surface area contributed by atoms with Gasteiger partial charge in [0, 0.05) is 31.6 Å². The number of halogens is 1. The highest BCUT2D eigenvalue weighted by Gasteiger charge is 2.26. The zero-order valence-corrected chi connectivity index (χ0v) is 16.7. The van der Waals surface area contributed by atoms with E-state index >= 15 is 0 Å². The third kappa shape index (κ3) is 5.36. The van der Waals surface area contributed by atoms with Crippen molar-refractivity contribution in [2.75, 3.05) is 18.8 Å². The summed E-state index contributed by atoms with van der Waals surface area (Å²) in [6.45, 7) is 4.94. The van der Waals surface area contributed by atoms with Crippen molar-refractivity contribution >= 4 is 17.5 Å². The lowest BCUT2D eigenvalue weighted by atomic mass is 9.83. The summed E-state index contributed by atoms with van der Waals surface area (Å²) >= 11 is 0. The van der Waals surface area contributed by atoms with Gasteiger partial charge in [0.05, 0.1) is 11.8 Å². The number of anilines is 1. The quantitative estimate of drug-likeness (QED) is 0.608. The van der Waals surface area contributed by atoms with E-state index < -0.39 is 0 Å². The molecule has 1 aliphatic heterocycles. The summed E-state index contributed by atoms with van der Waals surface area (Å²) < 4.78 is 19.3. The van der Waals surface area contributed by atoms with Crippen LogP contribution in [0.25, 0.3) is 0 Å². The van der Waals surface area contributed by atoms with Crippen LogP contribution < -0.4 is 5.73 Å². The molecule has 1 aromatic rings. The van der Waals surface area contributed by atoms with Crippen molar-refractivity contribution in [1.29, 1.82) is 0 Å².